The Bertz CT molecular complexity index is 616. The molecule has 2 atom stereocenters. The molecular formula is C14H16BrN5O. The van der Waals surface area contributed by atoms with E-state index >= 15 is 0 Å². The average Bonchev–Trinajstić information content (AvgIpc) is 3.11. The van der Waals surface area contributed by atoms with Crippen molar-refractivity contribution < 1.29 is 4.79 Å². The van der Waals surface area contributed by atoms with Crippen LogP contribution < -0.4 is 10.6 Å². The van der Waals surface area contributed by atoms with Gasteiger partial charge in [0.05, 0.1) is 24.7 Å². The van der Waals surface area contributed by atoms with Gasteiger partial charge in [-0.25, -0.2) is 4.68 Å². The maximum Gasteiger partial charge on any atom is 0.224 e. The molecule has 7 heteroatoms. The molecule has 110 valence electrons. The molecule has 6 nitrogen and oxygen atoms in total. The van der Waals surface area contributed by atoms with Gasteiger partial charge in [-0.05, 0) is 11.6 Å². The molecule has 1 aromatic carbocycles. The highest BCUT2D eigenvalue weighted by atomic mass is 79.9. The molecule has 2 aromatic rings. The van der Waals surface area contributed by atoms with Crippen LogP contribution in [0, 0.1) is 0 Å². The predicted molar refractivity (Wildman–Crippen MR) is 81.7 cm³/mol. The molecule has 0 spiro atoms. The number of benzene rings is 1. The van der Waals surface area contributed by atoms with Gasteiger partial charge in [0.15, 0.2) is 0 Å². The van der Waals surface area contributed by atoms with Gasteiger partial charge in [0, 0.05) is 23.8 Å². The van der Waals surface area contributed by atoms with Gasteiger partial charge in [-0.2, -0.15) is 0 Å². The van der Waals surface area contributed by atoms with E-state index in [1.807, 2.05) is 30.5 Å². The summed E-state index contributed by atoms with van der Waals surface area (Å²) in [4.78, 5) is 12.2. The zero-order chi connectivity index (χ0) is 14.7. The Morgan fingerprint density at radius 3 is 3.05 bits per heavy atom. The van der Waals surface area contributed by atoms with Crippen molar-refractivity contribution in [1.29, 1.82) is 0 Å². The number of halogens is 1. The second-order valence-electron chi connectivity index (χ2n) is 5.05. The maximum absolute atomic E-state index is 12.2. The normalized spacial score (nSPS) is 21.4. The molecule has 0 unspecified atom stereocenters. The van der Waals surface area contributed by atoms with E-state index in [1.165, 1.54) is 0 Å². The van der Waals surface area contributed by atoms with Crippen LogP contribution in [-0.2, 0) is 11.2 Å². The zero-order valence-electron chi connectivity index (χ0n) is 11.4. The van der Waals surface area contributed by atoms with E-state index in [-0.39, 0.29) is 18.0 Å². The van der Waals surface area contributed by atoms with Crippen LogP contribution in [0.15, 0.2) is 41.1 Å². The number of hydrogen-bond acceptors (Lipinski definition) is 4. The van der Waals surface area contributed by atoms with Crippen molar-refractivity contribution in [2.24, 2.45) is 0 Å². The van der Waals surface area contributed by atoms with Crippen molar-refractivity contribution >= 4 is 21.8 Å². The standard InChI is InChI=1S/C14H16BrN5O/c15-11-4-2-1-3-10(11)7-14(21)18-12-8-16-9-13(12)20-6-5-17-19-20/h1-6,12-13,16H,7-9H2,(H,18,21)/t12-,13+/m1/s1. The number of amides is 1. The summed E-state index contributed by atoms with van der Waals surface area (Å²) in [6.45, 7) is 1.52. The van der Waals surface area contributed by atoms with Crippen LogP contribution in [0.3, 0.4) is 0 Å². The molecule has 1 saturated heterocycles. The summed E-state index contributed by atoms with van der Waals surface area (Å²) >= 11 is 3.47. The Balaban J connectivity index is 1.63. The molecule has 0 bridgehead atoms. The molecule has 0 radical (unpaired) electrons. The van der Waals surface area contributed by atoms with E-state index in [2.05, 4.69) is 36.9 Å². The minimum absolute atomic E-state index is 0.0146. The minimum Gasteiger partial charge on any atom is -0.350 e. The third kappa shape index (κ3) is 3.30. The van der Waals surface area contributed by atoms with Crippen LogP contribution in [0.1, 0.15) is 11.6 Å². The number of hydrogen-bond donors (Lipinski definition) is 2. The molecule has 3 rings (SSSR count). The molecular weight excluding hydrogens is 334 g/mol. The van der Waals surface area contributed by atoms with E-state index in [9.17, 15) is 4.79 Å². The van der Waals surface area contributed by atoms with Crippen molar-refractivity contribution in [2.75, 3.05) is 13.1 Å². The average molecular weight is 350 g/mol. The van der Waals surface area contributed by atoms with Gasteiger partial charge in [0.1, 0.15) is 0 Å². The molecule has 21 heavy (non-hydrogen) atoms. The molecule has 1 aliphatic rings. The lowest BCUT2D eigenvalue weighted by molar-refractivity contribution is -0.121. The summed E-state index contributed by atoms with van der Waals surface area (Å²) in [5.41, 5.74) is 0.985. The first-order valence-electron chi connectivity index (χ1n) is 6.83. The van der Waals surface area contributed by atoms with Crippen molar-refractivity contribution in [2.45, 2.75) is 18.5 Å². The van der Waals surface area contributed by atoms with Crippen LogP contribution >= 0.6 is 15.9 Å². The number of aromatic nitrogens is 3. The number of rotatable bonds is 4. The van der Waals surface area contributed by atoms with Gasteiger partial charge in [-0.1, -0.05) is 39.3 Å². The highest BCUT2D eigenvalue weighted by Crippen LogP contribution is 2.17. The molecule has 1 fully saturated rings. The quantitative estimate of drug-likeness (QED) is 0.860. The van der Waals surface area contributed by atoms with E-state index in [0.29, 0.717) is 6.42 Å². The van der Waals surface area contributed by atoms with Crippen molar-refractivity contribution in [3.63, 3.8) is 0 Å². The molecule has 2 N–H and O–H groups in total. The van der Waals surface area contributed by atoms with Crippen LogP contribution in [0.25, 0.3) is 0 Å². The Kier molecular flexibility index (Phi) is 4.31. The fraction of sp³-hybridized carbons (Fsp3) is 0.357. The van der Waals surface area contributed by atoms with Crippen LogP contribution in [-0.4, -0.2) is 40.0 Å². The summed E-state index contributed by atoms with van der Waals surface area (Å²) in [6, 6.07) is 7.90. The van der Waals surface area contributed by atoms with Crippen LogP contribution in [0.5, 0.6) is 0 Å². The van der Waals surface area contributed by atoms with Crippen molar-refractivity contribution in [3.05, 3.63) is 46.7 Å². The highest BCUT2D eigenvalue weighted by molar-refractivity contribution is 9.10. The first kappa shape index (κ1) is 14.2. The molecule has 1 amide bonds. The molecule has 0 saturated carbocycles. The first-order chi connectivity index (χ1) is 10.2. The maximum atomic E-state index is 12.2. The van der Waals surface area contributed by atoms with E-state index < -0.39 is 0 Å². The minimum atomic E-state index is 0.0146. The number of carbonyl (C=O) groups excluding carboxylic acids is 1. The lowest BCUT2D eigenvalue weighted by atomic mass is 10.1. The topological polar surface area (TPSA) is 71.8 Å². The van der Waals surface area contributed by atoms with Gasteiger partial charge >= 0.3 is 0 Å². The smallest absolute Gasteiger partial charge is 0.224 e. The lowest BCUT2D eigenvalue weighted by Crippen LogP contribution is -2.42. The predicted octanol–water partition coefficient (Wildman–Crippen LogP) is 0.912. The van der Waals surface area contributed by atoms with Crippen molar-refractivity contribution in [1.82, 2.24) is 25.6 Å². The SMILES string of the molecule is O=C(Cc1ccccc1Br)N[C@@H]1CNC[C@@H]1n1ccnn1. The van der Waals surface area contributed by atoms with Gasteiger partial charge in [-0.3, -0.25) is 4.79 Å². The molecule has 1 aromatic heterocycles. The molecule has 2 heterocycles. The van der Waals surface area contributed by atoms with Gasteiger partial charge in [0.25, 0.3) is 0 Å². The summed E-state index contributed by atoms with van der Waals surface area (Å²) in [5, 5.41) is 14.2. The Labute approximate surface area is 131 Å². The first-order valence-corrected chi connectivity index (χ1v) is 7.62. The van der Waals surface area contributed by atoms with Crippen LogP contribution in [0.2, 0.25) is 0 Å². The van der Waals surface area contributed by atoms with Crippen molar-refractivity contribution in [3.8, 4) is 0 Å². The largest absolute Gasteiger partial charge is 0.350 e. The van der Waals surface area contributed by atoms with E-state index in [0.717, 1.165) is 23.1 Å². The number of nitrogens with zero attached hydrogens (tertiary/aromatic N) is 3. The Hall–Kier alpha value is -1.73. The number of carbonyl (C=O) groups is 1. The summed E-state index contributed by atoms with van der Waals surface area (Å²) < 4.78 is 2.75. The Morgan fingerprint density at radius 2 is 2.29 bits per heavy atom. The van der Waals surface area contributed by atoms with Gasteiger partial charge in [-0.15, -0.1) is 5.10 Å². The van der Waals surface area contributed by atoms with E-state index in [1.54, 1.807) is 10.9 Å². The number of nitrogens with one attached hydrogen (secondary N) is 2. The second-order valence-corrected chi connectivity index (χ2v) is 5.91. The Morgan fingerprint density at radius 1 is 1.43 bits per heavy atom. The summed E-state index contributed by atoms with van der Waals surface area (Å²) in [5.74, 6) is 0.0146. The lowest BCUT2D eigenvalue weighted by Gasteiger charge is -2.20. The monoisotopic (exact) mass is 349 g/mol. The fourth-order valence-corrected chi connectivity index (χ4v) is 2.98. The fourth-order valence-electron chi connectivity index (χ4n) is 2.56. The van der Waals surface area contributed by atoms with Gasteiger partial charge in [0.2, 0.25) is 5.91 Å². The highest BCUT2D eigenvalue weighted by Gasteiger charge is 2.30. The molecule has 1 aliphatic heterocycles. The van der Waals surface area contributed by atoms with Crippen LogP contribution in [0.4, 0.5) is 0 Å². The second kappa shape index (κ2) is 6.36. The zero-order valence-corrected chi connectivity index (χ0v) is 13.0. The van der Waals surface area contributed by atoms with Gasteiger partial charge < -0.3 is 10.6 Å². The van der Waals surface area contributed by atoms with E-state index in [4.69, 9.17) is 0 Å². The third-order valence-electron chi connectivity index (χ3n) is 3.62. The third-order valence-corrected chi connectivity index (χ3v) is 4.39. The molecule has 0 aliphatic carbocycles. The summed E-state index contributed by atoms with van der Waals surface area (Å²) in [7, 11) is 0. The summed E-state index contributed by atoms with van der Waals surface area (Å²) in [6.07, 6.45) is 3.84.